The van der Waals surface area contributed by atoms with Gasteiger partial charge in [0.05, 0.1) is 6.20 Å². The van der Waals surface area contributed by atoms with Crippen LogP contribution in [0.25, 0.3) is 0 Å². The summed E-state index contributed by atoms with van der Waals surface area (Å²) in [7, 11) is 5.43. The lowest BCUT2D eigenvalue weighted by atomic mass is 10.1. The Morgan fingerprint density at radius 3 is 2.56 bits per heavy atom. The van der Waals surface area contributed by atoms with Gasteiger partial charge in [-0.1, -0.05) is 0 Å². The van der Waals surface area contributed by atoms with Crippen LogP contribution in [-0.4, -0.2) is 40.7 Å². The zero-order chi connectivity index (χ0) is 12.3. The molecule has 1 aromatic rings. The molecular weight excluding hydrogens is 204 g/mol. The maximum absolute atomic E-state index is 12.2. The Morgan fingerprint density at radius 1 is 1.56 bits per heavy atom. The van der Waals surface area contributed by atoms with Gasteiger partial charge in [-0.2, -0.15) is 5.10 Å². The van der Waals surface area contributed by atoms with E-state index in [1.807, 2.05) is 34.1 Å². The third-order valence-corrected chi connectivity index (χ3v) is 2.72. The molecule has 0 radical (unpaired) electrons. The number of amides is 1. The number of aryl methyl sites for hydroxylation is 1. The van der Waals surface area contributed by atoms with Gasteiger partial charge in [-0.3, -0.25) is 9.48 Å². The van der Waals surface area contributed by atoms with Crippen molar-refractivity contribution in [2.45, 2.75) is 25.9 Å². The van der Waals surface area contributed by atoms with Crippen LogP contribution < -0.4 is 5.32 Å². The number of aromatic nitrogens is 2. The van der Waals surface area contributed by atoms with Gasteiger partial charge in [0.2, 0.25) is 5.91 Å². The molecule has 1 rings (SSSR count). The van der Waals surface area contributed by atoms with Crippen LogP contribution in [0.2, 0.25) is 0 Å². The Bertz CT molecular complexity index is 359. The third-order valence-electron chi connectivity index (χ3n) is 2.72. The molecule has 1 aromatic heterocycles. The van der Waals surface area contributed by atoms with Gasteiger partial charge >= 0.3 is 0 Å². The summed E-state index contributed by atoms with van der Waals surface area (Å²) in [6.07, 6.45) is 3.57. The van der Waals surface area contributed by atoms with Crippen molar-refractivity contribution in [3.05, 3.63) is 18.0 Å². The van der Waals surface area contributed by atoms with Gasteiger partial charge in [0.15, 0.2) is 0 Å². The number of hydrogen-bond donors (Lipinski definition) is 1. The van der Waals surface area contributed by atoms with Gasteiger partial charge in [0.25, 0.3) is 0 Å². The lowest BCUT2D eigenvalue weighted by Gasteiger charge is -2.26. The number of nitrogens with zero attached hydrogens (tertiary/aromatic N) is 3. The lowest BCUT2D eigenvalue weighted by molar-refractivity contribution is -0.133. The Labute approximate surface area is 96.4 Å². The molecule has 1 N–H and O–H groups in total. The molecule has 16 heavy (non-hydrogen) atoms. The van der Waals surface area contributed by atoms with Crippen LogP contribution in [0, 0.1) is 0 Å². The van der Waals surface area contributed by atoms with E-state index in [0.29, 0.717) is 0 Å². The van der Waals surface area contributed by atoms with Crippen LogP contribution in [0.3, 0.4) is 0 Å². The highest BCUT2D eigenvalue weighted by atomic mass is 16.2. The van der Waals surface area contributed by atoms with Crippen LogP contribution in [-0.2, 0) is 11.8 Å². The van der Waals surface area contributed by atoms with Crippen LogP contribution in [0.5, 0.6) is 0 Å². The summed E-state index contributed by atoms with van der Waals surface area (Å²) in [4.78, 5) is 13.9. The molecule has 1 atom stereocenters. The maximum atomic E-state index is 12.2. The molecule has 5 nitrogen and oxygen atoms in total. The first-order valence-corrected chi connectivity index (χ1v) is 5.39. The fourth-order valence-electron chi connectivity index (χ4n) is 1.48. The molecule has 0 bridgehead atoms. The molecule has 0 saturated heterocycles. The average molecular weight is 224 g/mol. The van der Waals surface area contributed by atoms with E-state index in [4.69, 9.17) is 0 Å². The average Bonchev–Trinajstić information content (AvgIpc) is 2.64. The highest BCUT2D eigenvalue weighted by molar-refractivity contribution is 5.83. The summed E-state index contributed by atoms with van der Waals surface area (Å²) in [6.45, 7) is 3.99. The van der Waals surface area contributed by atoms with Crippen molar-refractivity contribution in [3.8, 4) is 0 Å². The van der Waals surface area contributed by atoms with Crippen molar-refractivity contribution in [1.29, 1.82) is 0 Å². The molecule has 0 aliphatic heterocycles. The fraction of sp³-hybridized carbons (Fsp3) is 0.636. The molecule has 0 aromatic carbocycles. The van der Waals surface area contributed by atoms with E-state index >= 15 is 0 Å². The Kier molecular flexibility index (Phi) is 4.06. The highest BCUT2D eigenvalue weighted by Crippen LogP contribution is 2.15. The SMILES string of the molecule is CNC(C(=O)N(C)C(C)C)c1cnn(C)c1. The van der Waals surface area contributed by atoms with Crippen LogP contribution in [0.1, 0.15) is 25.5 Å². The summed E-state index contributed by atoms with van der Waals surface area (Å²) < 4.78 is 1.70. The van der Waals surface area contributed by atoms with Crippen LogP contribution >= 0.6 is 0 Å². The lowest BCUT2D eigenvalue weighted by Crippen LogP contribution is -2.40. The van der Waals surface area contributed by atoms with E-state index in [9.17, 15) is 4.79 Å². The summed E-state index contributed by atoms with van der Waals surface area (Å²) >= 11 is 0. The summed E-state index contributed by atoms with van der Waals surface area (Å²) in [5.74, 6) is 0.0606. The van der Waals surface area contributed by atoms with E-state index in [2.05, 4.69) is 10.4 Å². The largest absolute Gasteiger partial charge is 0.342 e. The first-order chi connectivity index (χ1) is 7.47. The zero-order valence-electron chi connectivity index (χ0n) is 10.6. The summed E-state index contributed by atoms with van der Waals surface area (Å²) in [5, 5.41) is 7.10. The molecule has 0 aliphatic carbocycles. The predicted octanol–water partition coefficient (Wildman–Crippen LogP) is 0.547. The maximum Gasteiger partial charge on any atom is 0.244 e. The topological polar surface area (TPSA) is 50.2 Å². The summed E-state index contributed by atoms with van der Waals surface area (Å²) in [6, 6.07) is -0.124. The van der Waals surface area contributed by atoms with Crippen LogP contribution in [0.15, 0.2) is 12.4 Å². The van der Waals surface area contributed by atoms with Gasteiger partial charge in [-0.05, 0) is 20.9 Å². The van der Waals surface area contributed by atoms with Crippen molar-refractivity contribution in [2.24, 2.45) is 7.05 Å². The smallest absolute Gasteiger partial charge is 0.244 e. The second-order valence-electron chi connectivity index (χ2n) is 4.21. The van der Waals surface area contributed by atoms with E-state index < -0.39 is 0 Å². The molecule has 1 amide bonds. The number of carbonyl (C=O) groups is 1. The van der Waals surface area contributed by atoms with E-state index in [1.54, 1.807) is 22.8 Å². The number of nitrogens with one attached hydrogen (secondary N) is 1. The second-order valence-corrected chi connectivity index (χ2v) is 4.21. The third kappa shape index (κ3) is 2.61. The van der Waals surface area contributed by atoms with E-state index in [-0.39, 0.29) is 18.0 Å². The molecule has 0 spiro atoms. The quantitative estimate of drug-likeness (QED) is 0.812. The van der Waals surface area contributed by atoms with Gasteiger partial charge in [-0.15, -0.1) is 0 Å². The Hall–Kier alpha value is -1.36. The van der Waals surface area contributed by atoms with Crippen molar-refractivity contribution < 1.29 is 4.79 Å². The molecule has 0 fully saturated rings. The van der Waals surface area contributed by atoms with E-state index in [1.165, 1.54) is 0 Å². The number of carbonyl (C=O) groups excluding carboxylic acids is 1. The fourth-order valence-corrected chi connectivity index (χ4v) is 1.48. The first kappa shape index (κ1) is 12.7. The molecule has 5 heteroatoms. The summed E-state index contributed by atoms with van der Waals surface area (Å²) in [5.41, 5.74) is 0.891. The minimum atomic E-state index is -0.318. The first-order valence-electron chi connectivity index (χ1n) is 5.39. The molecule has 1 heterocycles. The van der Waals surface area contributed by atoms with Gasteiger partial charge in [0, 0.05) is 31.9 Å². The number of rotatable bonds is 4. The van der Waals surface area contributed by atoms with Crippen molar-refractivity contribution in [3.63, 3.8) is 0 Å². The van der Waals surface area contributed by atoms with Crippen LogP contribution in [0.4, 0.5) is 0 Å². The molecule has 0 aliphatic rings. The van der Waals surface area contributed by atoms with Gasteiger partial charge in [0.1, 0.15) is 6.04 Å². The monoisotopic (exact) mass is 224 g/mol. The van der Waals surface area contributed by atoms with Crippen molar-refractivity contribution >= 4 is 5.91 Å². The number of likely N-dealkylation sites (N-methyl/N-ethyl adjacent to an activating group) is 2. The van der Waals surface area contributed by atoms with E-state index in [0.717, 1.165) is 5.56 Å². The van der Waals surface area contributed by atoms with Gasteiger partial charge in [-0.25, -0.2) is 0 Å². The zero-order valence-corrected chi connectivity index (χ0v) is 10.6. The minimum absolute atomic E-state index is 0.0606. The second kappa shape index (κ2) is 5.12. The standard InChI is InChI=1S/C11H20N4O/c1-8(2)15(5)11(16)10(12-3)9-6-13-14(4)7-9/h6-8,10,12H,1-5H3. The van der Waals surface area contributed by atoms with Crippen molar-refractivity contribution in [1.82, 2.24) is 20.0 Å². The van der Waals surface area contributed by atoms with Gasteiger partial charge < -0.3 is 10.2 Å². The Morgan fingerprint density at radius 2 is 2.19 bits per heavy atom. The molecule has 1 unspecified atom stereocenters. The highest BCUT2D eigenvalue weighted by Gasteiger charge is 2.24. The molecular formula is C11H20N4O. The molecule has 0 saturated carbocycles. The normalized spacial score (nSPS) is 12.9. The Balaban J connectivity index is 2.86. The number of hydrogen-bond acceptors (Lipinski definition) is 3. The molecule has 90 valence electrons. The minimum Gasteiger partial charge on any atom is -0.342 e. The predicted molar refractivity (Wildman–Crippen MR) is 62.9 cm³/mol. The van der Waals surface area contributed by atoms with Crippen molar-refractivity contribution in [2.75, 3.05) is 14.1 Å².